The molecule has 0 fully saturated rings. The van der Waals surface area contributed by atoms with E-state index in [0.29, 0.717) is 5.92 Å². The molecule has 1 N–H and O–H groups in total. The zero-order valence-electron chi connectivity index (χ0n) is 9.83. The Hall–Kier alpha value is -1.32. The van der Waals surface area contributed by atoms with Gasteiger partial charge in [0.25, 0.3) is 0 Å². The van der Waals surface area contributed by atoms with Crippen molar-refractivity contribution >= 4 is 5.65 Å². The molecule has 2 heterocycles. The van der Waals surface area contributed by atoms with Gasteiger partial charge >= 0.3 is 0 Å². The van der Waals surface area contributed by atoms with Crippen LogP contribution in [0.5, 0.6) is 0 Å². The van der Waals surface area contributed by atoms with E-state index in [4.69, 9.17) is 0 Å². The summed E-state index contributed by atoms with van der Waals surface area (Å²) in [4.78, 5) is 0. The average Bonchev–Trinajstić information content (AvgIpc) is 2.71. The largest absolute Gasteiger partial charge is 0.295 e. The molecule has 0 spiro atoms. The lowest BCUT2D eigenvalue weighted by atomic mass is 10.1. The van der Waals surface area contributed by atoms with Crippen molar-refractivity contribution in [1.82, 2.24) is 19.8 Å². The summed E-state index contributed by atoms with van der Waals surface area (Å²) < 4.78 is 2.01. The molecule has 0 saturated heterocycles. The van der Waals surface area contributed by atoms with Gasteiger partial charge in [0, 0.05) is 17.7 Å². The maximum Gasteiger partial charge on any atom is 0.180 e. The molecular formula is C11H18N4. The van der Waals surface area contributed by atoms with Crippen LogP contribution in [0.1, 0.15) is 37.4 Å². The van der Waals surface area contributed by atoms with Crippen molar-refractivity contribution in [2.75, 3.05) is 0 Å². The minimum atomic E-state index is 0.654. The van der Waals surface area contributed by atoms with E-state index in [1.807, 2.05) is 4.52 Å². The van der Waals surface area contributed by atoms with Crippen LogP contribution in [0.15, 0.2) is 0 Å². The third-order valence-electron chi connectivity index (χ3n) is 3.14. The molecule has 15 heavy (non-hydrogen) atoms. The summed E-state index contributed by atoms with van der Waals surface area (Å²) in [6, 6.07) is 0. The van der Waals surface area contributed by atoms with Crippen molar-refractivity contribution < 1.29 is 0 Å². The van der Waals surface area contributed by atoms with Gasteiger partial charge in [-0.15, -0.1) is 10.2 Å². The summed E-state index contributed by atoms with van der Waals surface area (Å²) >= 11 is 0. The Morgan fingerprint density at radius 3 is 2.73 bits per heavy atom. The van der Waals surface area contributed by atoms with Crippen LogP contribution in [0, 0.1) is 19.8 Å². The lowest BCUT2D eigenvalue weighted by Crippen LogP contribution is -2.03. The van der Waals surface area contributed by atoms with E-state index >= 15 is 0 Å². The summed E-state index contributed by atoms with van der Waals surface area (Å²) in [6.45, 7) is 8.58. The second kappa shape index (κ2) is 3.68. The number of aryl methyl sites for hydroxylation is 2. The molecule has 82 valence electrons. The third kappa shape index (κ3) is 1.64. The SMILES string of the molecule is CCC(C)Cc1nnc2c(C)c(C)[nH]n12. The molecule has 0 aliphatic rings. The van der Waals surface area contributed by atoms with Crippen LogP contribution in [0.3, 0.4) is 0 Å². The Labute approximate surface area is 89.7 Å². The first kappa shape index (κ1) is 10.2. The smallest absolute Gasteiger partial charge is 0.180 e. The van der Waals surface area contributed by atoms with Crippen LogP contribution >= 0.6 is 0 Å². The average molecular weight is 206 g/mol. The fourth-order valence-corrected chi connectivity index (χ4v) is 1.68. The number of aromatic amines is 1. The monoisotopic (exact) mass is 206 g/mol. The molecule has 0 saturated carbocycles. The lowest BCUT2D eigenvalue weighted by Gasteiger charge is -2.04. The quantitative estimate of drug-likeness (QED) is 0.837. The highest BCUT2D eigenvalue weighted by atomic mass is 15.4. The van der Waals surface area contributed by atoms with E-state index in [1.165, 1.54) is 17.7 Å². The number of H-pyrrole nitrogens is 1. The minimum Gasteiger partial charge on any atom is -0.295 e. The number of rotatable bonds is 3. The van der Waals surface area contributed by atoms with E-state index in [0.717, 1.165) is 17.9 Å². The topological polar surface area (TPSA) is 46.0 Å². The Morgan fingerprint density at radius 1 is 1.33 bits per heavy atom. The molecule has 2 rings (SSSR count). The molecule has 0 aromatic carbocycles. The Morgan fingerprint density at radius 2 is 2.07 bits per heavy atom. The van der Waals surface area contributed by atoms with Gasteiger partial charge in [-0.3, -0.25) is 5.10 Å². The van der Waals surface area contributed by atoms with Crippen LogP contribution in [0.2, 0.25) is 0 Å². The van der Waals surface area contributed by atoms with E-state index in [9.17, 15) is 0 Å². The molecule has 0 aliphatic carbocycles. The van der Waals surface area contributed by atoms with Crippen LogP contribution < -0.4 is 0 Å². The number of hydrogen-bond donors (Lipinski definition) is 1. The predicted octanol–water partition coefficient (Wildman–Crippen LogP) is 2.26. The van der Waals surface area contributed by atoms with E-state index in [1.54, 1.807) is 0 Å². The van der Waals surface area contributed by atoms with Crippen molar-refractivity contribution in [3.8, 4) is 0 Å². The number of fused-ring (bicyclic) bond motifs is 1. The highest BCUT2D eigenvalue weighted by Crippen LogP contribution is 2.15. The number of nitrogens with one attached hydrogen (secondary N) is 1. The van der Waals surface area contributed by atoms with Gasteiger partial charge in [0.1, 0.15) is 0 Å². The van der Waals surface area contributed by atoms with Crippen LogP contribution in [-0.4, -0.2) is 19.8 Å². The fourth-order valence-electron chi connectivity index (χ4n) is 1.68. The van der Waals surface area contributed by atoms with Gasteiger partial charge in [-0.05, 0) is 19.8 Å². The summed E-state index contributed by atoms with van der Waals surface area (Å²) in [5.41, 5.74) is 3.33. The van der Waals surface area contributed by atoms with E-state index < -0.39 is 0 Å². The first-order valence-electron chi connectivity index (χ1n) is 5.52. The Kier molecular flexibility index (Phi) is 2.50. The van der Waals surface area contributed by atoms with Crippen LogP contribution in [0.25, 0.3) is 5.65 Å². The Bertz CT molecular complexity index is 466. The Balaban J connectivity index is 2.40. The molecule has 2 aromatic heterocycles. The van der Waals surface area contributed by atoms with Crippen molar-refractivity contribution in [2.24, 2.45) is 5.92 Å². The maximum absolute atomic E-state index is 4.23. The van der Waals surface area contributed by atoms with Crippen LogP contribution in [-0.2, 0) is 6.42 Å². The first-order valence-corrected chi connectivity index (χ1v) is 5.52. The predicted molar refractivity (Wildman–Crippen MR) is 60.0 cm³/mol. The van der Waals surface area contributed by atoms with E-state index in [2.05, 4.69) is 43.0 Å². The van der Waals surface area contributed by atoms with Gasteiger partial charge < -0.3 is 0 Å². The molecule has 0 amide bonds. The number of nitrogens with zero attached hydrogens (tertiary/aromatic N) is 3. The zero-order valence-corrected chi connectivity index (χ0v) is 9.83. The standard InChI is InChI=1S/C11H18N4/c1-5-7(2)6-10-12-13-11-8(3)9(4)14-15(10)11/h7,14H,5-6H2,1-4H3. The summed E-state index contributed by atoms with van der Waals surface area (Å²) in [7, 11) is 0. The molecule has 1 unspecified atom stereocenters. The van der Waals surface area contributed by atoms with Crippen molar-refractivity contribution in [1.29, 1.82) is 0 Å². The second-order valence-electron chi connectivity index (χ2n) is 4.35. The van der Waals surface area contributed by atoms with E-state index in [-0.39, 0.29) is 0 Å². The molecular weight excluding hydrogens is 188 g/mol. The van der Waals surface area contributed by atoms with Gasteiger partial charge in [0.15, 0.2) is 11.5 Å². The molecule has 0 bridgehead atoms. The normalized spacial score (nSPS) is 13.6. The number of aromatic nitrogens is 4. The molecule has 4 heteroatoms. The molecule has 4 nitrogen and oxygen atoms in total. The van der Waals surface area contributed by atoms with Crippen molar-refractivity contribution in [3.05, 3.63) is 17.1 Å². The van der Waals surface area contributed by atoms with Crippen molar-refractivity contribution in [3.63, 3.8) is 0 Å². The first-order chi connectivity index (χ1) is 7.13. The minimum absolute atomic E-state index is 0.654. The van der Waals surface area contributed by atoms with Gasteiger partial charge in [-0.25, -0.2) is 4.52 Å². The molecule has 0 radical (unpaired) electrons. The molecule has 0 aliphatic heterocycles. The summed E-state index contributed by atoms with van der Waals surface area (Å²) in [6.07, 6.45) is 2.16. The number of hydrogen-bond acceptors (Lipinski definition) is 2. The van der Waals surface area contributed by atoms with Crippen molar-refractivity contribution in [2.45, 2.75) is 40.5 Å². The third-order valence-corrected chi connectivity index (χ3v) is 3.14. The zero-order chi connectivity index (χ0) is 11.0. The summed E-state index contributed by atoms with van der Waals surface area (Å²) in [5, 5.41) is 11.7. The highest BCUT2D eigenvalue weighted by molar-refractivity contribution is 5.48. The fraction of sp³-hybridized carbons (Fsp3) is 0.636. The highest BCUT2D eigenvalue weighted by Gasteiger charge is 2.13. The summed E-state index contributed by atoms with van der Waals surface area (Å²) in [5.74, 6) is 1.69. The second-order valence-corrected chi connectivity index (χ2v) is 4.35. The molecule has 1 atom stereocenters. The van der Waals surface area contributed by atoms with Gasteiger partial charge in [-0.2, -0.15) is 0 Å². The van der Waals surface area contributed by atoms with Gasteiger partial charge in [0.05, 0.1) is 0 Å². The van der Waals surface area contributed by atoms with Crippen LogP contribution in [0.4, 0.5) is 0 Å². The molecule has 2 aromatic rings. The lowest BCUT2D eigenvalue weighted by molar-refractivity contribution is 0.535. The van der Waals surface area contributed by atoms with Gasteiger partial charge in [-0.1, -0.05) is 20.3 Å². The van der Waals surface area contributed by atoms with Gasteiger partial charge in [0.2, 0.25) is 0 Å². The maximum atomic E-state index is 4.23.